The molecule has 0 heterocycles. The van der Waals surface area contributed by atoms with Gasteiger partial charge in [0, 0.05) is 6.10 Å². The minimum atomic E-state index is -4.61. The van der Waals surface area contributed by atoms with Crippen molar-refractivity contribution < 1.29 is 38.0 Å². The lowest BCUT2D eigenvalue weighted by Crippen LogP contribution is -2.41. The minimum absolute atomic E-state index is 0.346. The summed E-state index contributed by atoms with van der Waals surface area (Å²) in [5, 5.41) is 0. The normalized spacial score (nSPS) is 12.5. The van der Waals surface area contributed by atoms with Gasteiger partial charge in [0.2, 0.25) is 0 Å². The first-order valence-electron chi connectivity index (χ1n) is 3.16. The molecule has 0 bridgehead atoms. The second kappa shape index (κ2) is 5.76. The lowest BCUT2D eigenvalue weighted by Gasteiger charge is -2.11. The first kappa shape index (κ1) is 15.6. The minimum Gasteiger partial charge on any atom is -0.368 e. The molecular formula is C3H14O8Si2. The lowest BCUT2D eigenvalue weighted by atomic mass is 10.5. The van der Waals surface area contributed by atoms with E-state index in [-0.39, 0.29) is 6.10 Å². The molecule has 7 N–H and O–H groups in total. The highest BCUT2D eigenvalue weighted by molar-refractivity contribution is 6.48. The van der Waals surface area contributed by atoms with Gasteiger partial charge in [-0.2, -0.15) is 0 Å². The Kier molecular flexibility index (Phi) is 6.91. The molecule has 0 aliphatic heterocycles. The zero-order valence-corrected chi connectivity index (χ0v) is 9.12. The summed E-state index contributed by atoms with van der Waals surface area (Å²) in [6.45, 7) is 3.20. The smallest absolute Gasteiger partial charge is 0.368 e. The molecule has 0 saturated carbocycles. The molecule has 0 aromatic heterocycles. The molecule has 8 nitrogen and oxygen atoms in total. The maximum absolute atomic E-state index is 8.22. The molecule has 0 fully saturated rings. The first-order valence-corrected chi connectivity index (χ1v) is 6.70. The van der Waals surface area contributed by atoms with Crippen LogP contribution in [0.15, 0.2) is 0 Å². The van der Waals surface area contributed by atoms with E-state index in [0.29, 0.717) is 0 Å². The summed E-state index contributed by atoms with van der Waals surface area (Å²) < 4.78 is 4.24. The predicted octanol–water partition coefficient (Wildman–Crippen LogP) is -3.78. The van der Waals surface area contributed by atoms with Crippen LogP contribution in [-0.2, 0) is 4.43 Å². The fourth-order valence-electron chi connectivity index (χ4n) is 0.316. The summed E-state index contributed by atoms with van der Waals surface area (Å²) in [4.78, 5) is 54.0. The molecule has 82 valence electrons. The molecule has 0 amide bonds. The Hall–Kier alpha value is 0.114. The quantitative estimate of drug-likeness (QED) is 0.240. The van der Waals surface area contributed by atoms with Crippen molar-refractivity contribution in [2.75, 3.05) is 0 Å². The summed E-state index contributed by atoms with van der Waals surface area (Å²) in [5.41, 5.74) is 0. The summed E-state index contributed by atoms with van der Waals surface area (Å²) in [7, 11) is -8.83. The second-order valence-corrected chi connectivity index (χ2v) is 4.92. The Morgan fingerprint density at radius 1 is 0.846 bits per heavy atom. The van der Waals surface area contributed by atoms with Crippen LogP contribution in [0.25, 0.3) is 0 Å². The van der Waals surface area contributed by atoms with E-state index < -0.39 is 18.1 Å². The molecule has 13 heavy (non-hydrogen) atoms. The molecule has 0 aromatic rings. The monoisotopic (exact) mass is 234 g/mol. The van der Waals surface area contributed by atoms with E-state index in [1.165, 1.54) is 0 Å². The lowest BCUT2D eigenvalue weighted by molar-refractivity contribution is 0.0366. The molecule has 0 radical (unpaired) electrons. The maximum Gasteiger partial charge on any atom is 0.671 e. The van der Waals surface area contributed by atoms with Crippen molar-refractivity contribution in [1.82, 2.24) is 0 Å². The largest absolute Gasteiger partial charge is 0.671 e. The Morgan fingerprint density at radius 3 is 1.08 bits per heavy atom. The van der Waals surface area contributed by atoms with E-state index in [0.717, 1.165) is 0 Å². The van der Waals surface area contributed by atoms with Crippen LogP contribution in [0.1, 0.15) is 13.8 Å². The van der Waals surface area contributed by atoms with Crippen molar-refractivity contribution >= 4 is 18.1 Å². The van der Waals surface area contributed by atoms with Crippen LogP contribution in [0.2, 0.25) is 0 Å². The average molecular weight is 234 g/mol. The Bertz CT molecular complexity index is 118. The highest BCUT2D eigenvalue weighted by Gasteiger charge is 2.31. The third kappa shape index (κ3) is 47.4. The van der Waals surface area contributed by atoms with Gasteiger partial charge >= 0.3 is 18.1 Å². The van der Waals surface area contributed by atoms with Gasteiger partial charge in [-0.15, -0.1) is 0 Å². The van der Waals surface area contributed by atoms with E-state index in [9.17, 15) is 0 Å². The van der Waals surface area contributed by atoms with Crippen molar-refractivity contribution in [2.24, 2.45) is 0 Å². The van der Waals surface area contributed by atoms with Gasteiger partial charge in [-0.1, -0.05) is 0 Å². The van der Waals surface area contributed by atoms with E-state index in [2.05, 4.69) is 4.43 Å². The molecular weight excluding hydrogens is 220 g/mol. The fourth-order valence-corrected chi connectivity index (χ4v) is 0.949. The Morgan fingerprint density at radius 2 is 1.08 bits per heavy atom. The van der Waals surface area contributed by atoms with Gasteiger partial charge in [0.1, 0.15) is 0 Å². The standard InChI is InChI=1S/C3H10O4Si.H4O4Si/c1-3(2)7-8(4,5)6;1-5(2,3)4/h3-6H,1-2H3;1-4H. The number of rotatable bonds is 2. The van der Waals surface area contributed by atoms with Gasteiger partial charge in [-0.05, 0) is 13.8 Å². The van der Waals surface area contributed by atoms with Gasteiger partial charge in [-0.25, -0.2) is 0 Å². The molecule has 0 spiro atoms. The molecule has 0 saturated heterocycles. The van der Waals surface area contributed by atoms with Gasteiger partial charge in [0.05, 0.1) is 0 Å². The molecule has 0 rings (SSSR count). The summed E-state index contributed by atoms with van der Waals surface area (Å²) >= 11 is 0. The predicted molar refractivity (Wildman–Crippen MR) is 43.3 cm³/mol. The molecule has 0 aliphatic rings. The van der Waals surface area contributed by atoms with E-state index in [1.807, 2.05) is 0 Å². The molecule has 0 atom stereocenters. The third-order valence-corrected chi connectivity index (χ3v) is 1.18. The molecule has 0 unspecified atom stereocenters. The van der Waals surface area contributed by atoms with Crippen LogP contribution in [-0.4, -0.2) is 57.8 Å². The highest BCUT2D eigenvalue weighted by atomic mass is 28.4. The summed E-state index contributed by atoms with van der Waals surface area (Å²) in [6, 6.07) is 0. The third-order valence-electron chi connectivity index (χ3n) is 0.394. The second-order valence-electron chi connectivity index (χ2n) is 2.34. The molecule has 0 aromatic carbocycles. The zero-order chi connectivity index (χ0) is 11.3. The van der Waals surface area contributed by atoms with Gasteiger partial charge < -0.3 is 38.0 Å². The van der Waals surface area contributed by atoms with Crippen LogP contribution >= 0.6 is 0 Å². The van der Waals surface area contributed by atoms with E-state index >= 15 is 0 Å². The van der Waals surface area contributed by atoms with Crippen molar-refractivity contribution in [3.8, 4) is 0 Å². The van der Waals surface area contributed by atoms with Crippen molar-refractivity contribution in [3.63, 3.8) is 0 Å². The van der Waals surface area contributed by atoms with E-state index in [1.54, 1.807) is 13.8 Å². The average Bonchev–Trinajstić information content (AvgIpc) is 1.47. The summed E-state index contributed by atoms with van der Waals surface area (Å²) in [6.07, 6.45) is -0.346. The van der Waals surface area contributed by atoms with Crippen LogP contribution in [0.4, 0.5) is 0 Å². The van der Waals surface area contributed by atoms with Gasteiger partial charge in [0.25, 0.3) is 0 Å². The molecule has 10 heteroatoms. The Labute approximate surface area is 76.9 Å². The van der Waals surface area contributed by atoms with Crippen LogP contribution < -0.4 is 0 Å². The summed E-state index contributed by atoms with van der Waals surface area (Å²) in [5.74, 6) is 0. The van der Waals surface area contributed by atoms with Gasteiger partial charge in [0.15, 0.2) is 0 Å². The van der Waals surface area contributed by atoms with Crippen molar-refractivity contribution in [3.05, 3.63) is 0 Å². The van der Waals surface area contributed by atoms with Crippen LogP contribution in [0.5, 0.6) is 0 Å². The number of hydrogen-bond donors (Lipinski definition) is 7. The first-order chi connectivity index (χ1) is 5.42. The highest BCUT2D eigenvalue weighted by Crippen LogP contribution is 1.94. The zero-order valence-electron chi connectivity index (χ0n) is 7.12. The van der Waals surface area contributed by atoms with Gasteiger partial charge in [-0.3, -0.25) is 0 Å². The molecule has 0 aliphatic carbocycles. The maximum atomic E-state index is 8.22. The van der Waals surface area contributed by atoms with Crippen LogP contribution in [0, 0.1) is 0 Å². The number of hydrogen-bond acceptors (Lipinski definition) is 8. The fraction of sp³-hybridized carbons (Fsp3) is 1.00. The van der Waals surface area contributed by atoms with Crippen LogP contribution in [0.3, 0.4) is 0 Å². The van der Waals surface area contributed by atoms with Crippen molar-refractivity contribution in [2.45, 2.75) is 20.0 Å². The Balaban J connectivity index is 0. The van der Waals surface area contributed by atoms with E-state index in [4.69, 9.17) is 33.6 Å². The SMILES string of the molecule is CC(C)O[Si](O)(O)O.O[Si](O)(O)O. The van der Waals surface area contributed by atoms with Crippen molar-refractivity contribution in [1.29, 1.82) is 0 Å². The topological polar surface area (TPSA) is 151 Å².